The Hall–Kier alpha value is -6.61. The number of unbranched alkanes of at least 4 members (excludes halogenated alkanes) is 2. The molecule has 5 aromatic rings. The molecule has 0 saturated heterocycles. The van der Waals surface area contributed by atoms with Crippen molar-refractivity contribution >= 4 is 28.3 Å². The number of carbonyl (C=O) groups is 1. The molecule has 2 aliphatic carbocycles. The predicted octanol–water partition coefficient (Wildman–Crippen LogP) is 10.8. The number of carbonyl (C=O) groups excluding carboxylic acids is 1. The lowest BCUT2D eigenvalue weighted by Crippen LogP contribution is -2.70. The van der Waals surface area contributed by atoms with Gasteiger partial charge < -0.3 is 34.0 Å². The number of halogens is 1. The predicted molar refractivity (Wildman–Crippen MR) is 251 cm³/mol. The van der Waals surface area contributed by atoms with Gasteiger partial charge in [0.15, 0.2) is 0 Å². The molecule has 1 saturated carbocycles. The summed E-state index contributed by atoms with van der Waals surface area (Å²) < 4.78 is 40.8. The first-order valence-corrected chi connectivity index (χ1v) is 22.9. The van der Waals surface area contributed by atoms with Crippen LogP contribution in [0.2, 0.25) is 0 Å². The number of aliphatic hydroxyl groups is 2. The number of rotatable bonds is 20. The molecule has 1 heterocycles. The number of nitro benzene ring substituents is 1. The molecule has 14 heteroatoms. The highest BCUT2D eigenvalue weighted by Gasteiger charge is 2.65. The summed E-state index contributed by atoms with van der Waals surface area (Å²) in [4.78, 5) is 32.9. The summed E-state index contributed by atoms with van der Waals surface area (Å²) in [5, 5.41) is 38.3. The van der Waals surface area contributed by atoms with Gasteiger partial charge in [-0.05, 0) is 120 Å². The van der Waals surface area contributed by atoms with Gasteiger partial charge in [0.1, 0.15) is 35.7 Å². The van der Waals surface area contributed by atoms with Crippen molar-refractivity contribution in [2.45, 2.75) is 75.8 Å². The largest absolute Gasteiger partial charge is 0.459 e. The second kappa shape index (κ2) is 21.3. The van der Waals surface area contributed by atoms with E-state index in [4.69, 9.17) is 28.9 Å². The van der Waals surface area contributed by atoms with E-state index in [1.54, 1.807) is 35.2 Å². The van der Waals surface area contributed by atoms with E-state index in [0.717, 1.165) is 47.6 Å². The fourth-order valence-corrected chi connectivity index (χ4v) is 10.2. The van der Waals surface area contributed by atoms with Gasteiger partial charge in [0.25, 0.3) is 5.69 Å². The van der Waals surface area contributed by atoms with Gasteiger partial charge in [-0.1, -0.05) is 72.6 Å². The number of non-ortho nitro benzene ring substituents is 1. The van der Waals surface area contributed by atoms with Gasteiger partial charge in [0, 0.05) is 49.8 Å². The van der Waals surface area contributed by atoms with Gasteiger partial charge in [-0.25, -0.2) is 9.18 Å². The molecule has 1 aliphatic heterocycles. The Morgan fingerprint density at radius 2 is 1.63 bits per heavy atom. The van der Waals surface area contributed by atoms with Crippen molar-refractivity contribution in [3.05, 3.63) is 166 Å². The number of oxime groups is 1. The summed E-state index contributed by atoms with van der Waals surface area (Å²) in [7, 11) is 1.30. The highest BCUT2D eigenvalue weighted by Crippen LogP contribution is 2.62. The van der Waals surface area contributed by atoms with Crippen LogP contribution in [0.25, 0.3) is 10.8 Å². The standard InChI is InChI=1S/C53H56FN3O10/c1-3-28-64-53-49(56(52(60)63-2)33-35-14-19-40(54)20-15-35)32-47(55-65-34-36-16-21-41(22-17-36)57(61)62)45-30-39(12-6-8-26-58)44(13-7-9-27-59)50(51(45)53)46-31-43(24-25-48(46)67-53)66-42-23-18-37-10-4-5-11-38(37)29-42/h3-5,10-11,14-25,29-31,39,44,49-51,58-59H,1,6-9,12-13,26-28,32-34H2,2H3. The van der Waals surface area contributed by atoms with Crippen LogP contribution in [0.15, 0.2) is 139 Å². The second-order valence-electron chi connectivity index (χ2n) is 17.3. The number of hydrogen-bond acceptors (Lipinski definition) is 11. The molecule has 8 rings (SSSR count). The minimum atomic E-state index is -1.57. The number of allylic oxidation sites excluding steroid dienone is 1. The third kappa shape index (κ3) is 10.2. The van der Waals surface area contributed by atoms with Gasteiger partial charge in [-0.2, -0.15) is 0 Å². The summed E-state index contributed by atoms with van der Waals surface area (Å²) in [6.07, 6.45) is 7.47. The van der Waals surface area contributed by atoms with Crippen molar-refractivity contribution in [3.8, 4) is 17.2 Å². The lowest BCUT2D eigenvalue weighted by atomic mass is 9.55. The number of amides is 1. The Bertz CT molecular complexity index is 2600. The molecule has 2 N–H and O–H groups in total. The Kier molecular flexibility index (Phi) is 14.9. The Balaban J connectivity index is 1.31. The molecule has 67 heavy (non-hydrogen) atoms. The summed E-state index contributed by atoms with van der Waals surface area (Å²) in [6.45, 7) is 4.15. The third-order valence-electron chi connectivity index (χ3n) is 13.2. The fraction of sp³-hybridized carbons (Fsp3) is 0.358. The molecule has 0 radical (unpaired) electrons. The van der Waals surface area contributed by atoms with E-state index >= 15 is 0 Å². The molecule has 350 valence electrons. The number of methoxy groups -OCH3 is 1. The topological polar surface area (TPSA) is 162 Å². The summed E-state index contributed by atoms with van der Waals surface area (Å²) in [5.74, 6) is -1.22. The normalized spacial score (nSPS) is 22.2. The quantitative estimate of drug-likeness (QED) is 0.0333. The molecule has 0 bridgehead atoms. The van der Waals surface area contributed by atoms with Crippen LogP contribution in [0.1, 0.15) is 67.6 Å². The number of ether oxygens (including phenoxy) is 4. The molecular formula is C53H56FN3O10. The lowest BCUT2D eigenvalue weighted by molar-refractivity contribution is -0.384. The Morgan fingerprint density at radius 3 is 2.34 bits per heavy atom. The molecule has 1 fully saturated rings. The van der Waals surface area contributed by atoms with Gasteiger partial charge in [0.05, 0.1) is 30.3 Å². The van der Waals surface area contributed by atoms with E-state index in [1.165, 1.54) is 31.4 Å². The first-order chi connectivity index (χ1) is 32.7. The highest BCUT2D eigenvalue weighted by atomic mass is 19.1. The van der Waals surface area contributed by atoms with E-state index < -0.39 is 34.6 Å². The zero-order valence-electron chi connectivity index (χ0n) is 37.5. The van der Waals surface area contributed by atoms with E-state index in [-0.39, 0.29) is 62.8 Å². The average Bonchev–Trinajstić information content (AvgIpc) is 3.34. The summed E-state index contributed by atoms with van der Waals surface area (Å²) in [6, 6.07) is 30.9. The monoisotopic (exact) mass is 913 g/mol. The van der Waals surface area contributed by atoms with Crippen LogP contribution in [0, 0.1) is 33.7 Å². The lowest BCUT2D eigenvalue weighted by Gasteiger charge is -2.59. The molecule has 0 aromatic heterocycles. The van der Waals surface area contributed by atoms with Crippen molar-refractivity contribution in [3.63, 3.8) is 0 Å². The van der Waals surface area contributed by atoms with Crippen molar-refractivity contribution < 1.29 is 48.1 Å². The molecule has 1 amide bonds. The Labute approximate surface area is 389 Å². The van der Waals surface area contributed by atoms with E-state index in [9.17, 15) is 29.5 Å². The molecule has 6 unspecified atom stereocenters. The van der Waals surface area contributed by atoms with E-state index in [1.807, 2.05) is 54.6 Å². The van der Waals surface area contributed by atoms with Crippen molar-refractivity contribution in [1.82, 2.24) is 4.90 Å². The first kappa shape index (κ1) is 46.9. The number of nitrogens with zero attached hydrogens (tertiary/aromatic N) is 3. The maximum absolute atomic E-state index is 14.3. The number of nitro groups is 1. The number of fused-ring (bicyclic) bond motifs is 3. The second-order valence-corrected chi connectivity index (χ2v) is 17.3. The minimum absolute atomic E-state index is 0.000453. The van der Waals surface area contributed by atoms with Crippen molar-refractivity contribution in [2.24, 2.45) is 22.9 Å². The van der Waals surface area contributed by atoms with Gasteiger partial charge in [0.2, 0.25) is 5.79 Å². The highest BCUT2D eigenvalue weighted by molar-refractivity contribution is 6.03. The van der Waals surface area contributed by atoms with Crippen LogP contribution in [0.3, 0.4) is 0 Å². The summed E-state index contributed by atoms with van der Waals surface area (Å²) >= 11 is 0. The maximum Gasteiger partial charge on any atom is 0.410 e. The first-order valence-electron chi connectivity index (χ1n) is 22.9. The smallest absolute Gasteiger partial charge is 0.410 e. The van der Waals surface area contributed by atoms with E-state index in [0.29, 0.717) is 46.9 Å². The molecule has 6 atom stereocenters. The zero-order chi connectivity index (χ0) is 46.9. The molecule has 5 aromatic carbocycles. The van der Waals surface area contributed by atoms with Gasteiger partial charge in [-0.15, -0.1) is 6.58 Å². The fourth-order valence-electron chi connectivity index (χ4n) is 10.2. The number of benzene rings is 5. The third-order valence-corrected chi connectivity index (χ3v) is 13.2. The van der Waals surface area contributed by atoms with Gasteiger partial charge >= 0.3 is 6.09 Å². The minimum Gasteiger partial charge on any atom is -0.459 e. The van der Waals surface area contributed by atoms with Crippen LogP contribution >= 0.6 is 0 Å². The van der Waals surface area contributed by atoms with Crippen LogP contribution in [-0.4, -0.2) is 70.6 Å². The average molecular weight is 914 g/mol. The van der Waals surface area contributed by atoms with E-state index in [2.05, 4.69) is 18.7 Å². The molecule has 3 aliphatic rings. The maximum atomic E-state index is 14.3. The zero-order valence-corrected chi connectivity index (χ0v) is 37.5. The molecule has 0 spiro atoms. The Morgan fingerprint density at radius 1 is 0.925 bits per heavy atom. The molecular weight excluding hydrogens is 858 g/mol. The van der Waals surface area contributed by atoms with Crippen LogP contribution in [0.4, 0.5) is 14.9 Å². The van der Waals surface area contributed by atoms with Crippen molar-refractivity contribution in [2.75, 3.05) is 26.9 Å². The number of hydrogen-bond donors (Lipinski definition) is 2. The van der Waals surface area contributed by atoms with Crippen LogP contribution in [0.5, 0.6) is 17.2 Å². The van der Waals surface area contributed by atoms with Crippen molar-refractivity contribution in [1.29, 1.82) is 0 Å². The molecule has 13 nitrogen and oxygen atoms in total. The van der Waals surface area contributed by atoms with Crippen LogP contribution in [-0.2, 0) is 27.5 Å². The summed E-state index contributed by atoms with van der Waals surface area (Å²) in [5.41, 5.74) is 3.49. The SMILES string of the molecule is C=CCOC12Oc3ccc(Oc4ccc5ccccc5c4)cc3C3C(CCCCO)C(CCCCO)C=C(C(=NOCc4ccc([N+](=O)[O-])cc4)CC1N(Cc1ccc(F)cc1)C(=O)OC)C32. The van der Waals surface area contributed by atoms with Gasteiger partial charge in [-0.3, -0.25) is 15.0 Å². The van der Waals surface area contributed by atoms with Crippen LogP contribution < -0.4 is 9.47 Å². The number of aliphatic hydroxyl groups excluding tert-OH is 2.